The van der Waals surface area contributed by atoms with E-state index in [4.69, 9.17) is 0 Å². The van der Waals surface area contributed by atoms with E-state index in [0.29, 0.717) is 17.2 Å². The average Bonchev–Trinajstić information content (AvgIpc) is 3.16. The SMILES string of the molecule is Cc1cccc(N(CCCC(=O)Nc2nnc(-c3ccccc3)s2)S(C)(=O)=O)c1C. The Morgan fingerprint density at radius 2 is 1.80 bits per heavy atom. The Kier molecular flexibility index (Phi) is 6.84. The summed E-state index contributed by atoms with van der Waals surface area (Å²) in [6, 6.07) is 15.2. The summed E-state index contributed by atoms with van der Waals surface area (Å²) in [5.74, 6) is -0.222. The molecule has 1 amide bonds. The van der Waals surface area contributed by atoms with Gasteiger partial charge in [-0.1, -0.05) is 53.8 Å². The quantitative estimate of drug-likeness (QED) is 0.567. The molecule has 0 aliphatic rings. The molecular weight excluding hydrogens is 420 g/mol. The van der Waals surface area contributed by atoms with E-state index in [1.807, 2.05) is 56.3 Å². The molecule has 158 valence electrons. The van der Waals surface area contributed by atoms with Gasteiger partial charge in [-0.2, -0.15) is 0 Å². The van der Waals surface area contributed by atoms with Crippen LogP contribution in [-0.2, 0) is 14.8 Å². The number of carbonyl (C=O) groups is 1. The number of hydrogen-bond donors (Lipinski definition) is 1. The van der Waals surface area contributed by atoms with Crippen molar-refractivity contribution in [3.63, 3.8) is 0 Å². The first kappa shape index (κ1) is 21.9. The van der Waals surface area contributed by atoms with Gasteiger partial charge in [0.2, 0.25) is 21.1 Å². The molecule has 0 bridgehead atoms. The molecule has 0 aliphatic carbocycles. The van der Waals surface area contributed by atoms with E-state index in [1.165, 1.54) is 21.9 Å². The highest BCUT2D eigenvalue weighted by atomic mass is 32.2. The van der Waals surface area contributed by atoms with Crippen LogP contribution in [0.5, 0.6) is 0 Å². The summed E-state index contributed by atoms with van der Waals surface area (Å²) in [6.07, 6.45) is 1.74. The zero-order valence-corrected chi connectivity index (χ0v) is 18.8. The lowest BCUT2D eigenvalue weighted by molar-refractivity contribution is -0.116. The number of carbonyl (C=O) groups excluding carboxylic acids is 1. The number of benzene rings is 2. The zero-order chi connectivity index (χ0) is 21.7. The van der Waals surface area contributed by atoms with Gasteiger partial charge in [-0.25, -0.2) is 8.42 Å². The van der Waals surface area contributed by atoms with Crippen molar-refractivity contribution in [1.82, 2.24) is 10.2 Å². The van der Waals surface area contributed by atoms with Crippen LogP contribution in [0.3, 0.4) is 0 Å². The highest BCUT2D eigenvalue weighted by Crippen LogP contribution is 2.27. The van der Waals surface area contributed by atoms with E-state index in [9.17, 15) is 13.2 Å². The lowest BCUT2D eigenvalue weighted by Gasteiger charge is -2.24. The lowest BCUT2D eigenvalue weighted by atomic mass is 10.1. The maximum atomic E-state index is 12.3. The minimum Gasteiger partial charge on any atom is -0.301 e. The Labute approximate surface area is 180 Å². The van der Waals surface area contributed by atoms with Crippen molar-refractivity contribution in [2.45, 2.75) is 26.7 Å². The predicted molar refractivity (Wildman–Crippen MR) is 121 cm³/mol. The summed E-state index contributed by atoms with van der Waals surface area (Å²) in [6.45, 7) is 4.07. The summed E-state index contributed by atoms with van der Waals surface area (Å²) < 4.78 is 26.0. The van der Waals surface area contributed by atoms with Crippen molar-refractivity contribution in [2.24, 2.45) is 0 Å². The molecule has 0 atom stereocenters. The van der Waals surface area contributed by atoms with Crippen LogP contribution in [0.25, 0.3) is 10.6 Å². The molecule has 0 unspecified atom stereocenters. The molecule has 1 N–H and O–H groups in total. The first-order chi connectivity index (χ1) is 14.3. The molecule has 0 radical (unpaired) electrons. The molecule has 1 aromatic heterocycles. The molecule has 1 heterocycles. The fourth-order valence-corrected chi connectivity index (χ4v) is 4.79. The van der Waals surface area contributed by atoms with Crippen LogP contribution in [-0.4, -0.2) is 37.3 Å². The molecule has 0 saturated heterocycles. The van der Waals surface area contributed by atoms with Gasteiger partial charge in [0.1, 0.15) is 5.01 Å². The summed E-state index contributed by atoms with van der Waals surface area (Å²) in [4.78, 5) is 12.3. The Morgan fingerprint density at radius 3 is 2.50 bits per heavy atom. The van der Waals surface area contributed by atoms with Crippen LogP contribution in [0.1, 0.15) is 24.0 Å². The van der Waals surface area contributed by atoms with Gasteiger partial charge in [-0.05, 0) is 37.5 Å². The molecule has 2 aromatic carbocycles. The second-order valence-corrected chi connectivity index (χ2v) is 9.87. The number of anilines is 2. The van der Waals surface area contributed by atoms with Crippen molar-refractivity contribution >= 4 is 38.1 Å². The first-order valence-electron chi connectivity index (χ1n) is 9.48. The number of amides is 1. The molecule has 7 nitrogen and oxygen atoms in total. The summed E-state index contributed by atoms with van der Waals surface area (Å²) in [7, 11) is -3.46. The Hall–Kier alpha value is -2.78. The predicted octanol–water partition coefficient (Wildman–Crippen LogP) is 4.01. The number of nitrogens with zero attached hydrogens (tertiary/aromatic N) is 3. The third-order valence-electron chi connectivity index (χ3n) is 4.70. The number of aryl methyl sites for hydroxylation is 1. The summed E-state index contributed by atoms with van der Waals surface area (Å²) in [5, 5.41) is 12.0. The molecule has 0 spiro atoms. The van der Waals surface area contributed by atoms with Crippen LogP contribution in [0.2, 0.25) is 0 Å². The Balaban J connectivity index is 1.60. The van der Waals surface area contributed by atoms with E-state index in [1.54, 1.807) is 6.07 Å². The third kappa shape index (κ3) is 5.43. The number of sulfonamides is 1. The summed E-state index contributed by atoms with van der Waals surface area (Å²) in [5.41, 5.74) is 3.52. The van der Waals surface area contributed by atoms with E-state index in [0.717, 1.165) is 21.7 Å². The third-order valence-corrected chi connectivity index (χ3v) is 6.77. The molecule has 3 rings (SSSR count). The van der Waals surface area contributed by atoms with Crippen LogP contribution in [0.4, 0.5) is 10.8 Å². The van der Waals surface area contributed by atoms with E-state index < -0.39 is 10.0 Å². The van der Waals surface area contributed by atoms with E-state index >= 15 is 0 Å². The number of rotatable bonds is 8. The standard InChI is InChI=1S/C21H24N4O3S2/c1-15-9-7-12-18(16(15)2)25(30(3,27)28)14-8-13-19(26)22-21-24-23-20(29-21)17-10-5-4-6-11-17/h4-7,9-12H,8,13-14H2,1-3H3,(H,22,24,26). The smallest absolute Gasteiger partial charge is 0.232 e. The van der Waals surface area contributed by atoms with Crippen molar-refractivity contribution in [1.29, 1.82) is 0 Å². The Morgan fingerprint density at radius 1 is 1.07 bits per heavy atom. The highest BCUT2D eigenvalue weighted by Gasteiger charge is 2.20. The molecule has 0 aliphatic heterocycles. The fraction of sp³-hybridized carbons (Fsp3) is 0.286. The van der Waals surface area contributed by atoms with Gasteiger partial charge in [0.25, 0.3) is 0 Å². The molecule has 0 fully saturated rings. The van der Waals surface area contributed by atoms with Crippen molar-refractivity contribution in [3.8, 4) is 10.6 Å². The minimum absolute atomic E-state index is 0.178. The van der Waals surface area contributed by atoms with Crippen molar-refractivity contribution in [3.05, 3.63) is 59.7 Å². The number of aromatic nitrogens is 2. The normalized spacial score (nSPS) is 11.3. The molecule has 0 saturated carbocycles. The van der Waals surface area contributed by atoms with Crippen LogP contribution in [0, 0.1) is 13.8 Å². The van der Waals surface area contributed by atoms with E-state index in [2.05, 4.69) is 15.5 Å². The first-order valence-corrected chi connectivity index (χ1v) is 12.1. The minimum atomic E-state index is -3.46. The fourth-order valence-electron chi connectivity index (χ4n) is 3.01. The van der Waals surface area contributed by atoms with Gasteiger partial charge in [0.05, 0.1) is 11.9 Å². The second-order valence-electron chi connectivity index (χ2n) is 6.98. The monoisotopic (exact) mass is 444 g/mol. The summed E-state index contributed by atoms with van der Waals surface area (Å²) >= 11 is 1.30. The van der Waals surface area contributed by atoms with Crippen LogP contribution in [0.15, 0.2) is 48.5 Å². The Bertz CT molecular complexity index is 1130. The molecule has 30 heavy (non-hydrogen) atoms. The number of hydrogen-bond acceptors (Lipinski definition) is 6. The van der Waals surface area contributed by atoms with Crippen molar-refractivity contribution < 1.29 is 13.2 Å². The molecular formula is C21H24N4O3S2. The van der Waals surface area contributed by atoms with Gasteiger partial charge in [-0.15, -0.1) is 10.2 Å². The largest absolute Gasteiger partial charge is 0.301 e. The maximum absolute atomic E-state index is 12.3. The van der Waals surface area contributed by atoms with Crippen LogP contribution < -0.4 is 9.62 Å². The van der Waals surface area contributed by atoms with Crippen LogP contribution >= 0.6 is 11.3 Å². The van der Waals surface area contributed by atoms with Gasteiger partial charge in [0, 0.05) is 18.5 Å². The molecule has 3 aromatic rings. The van der Waals surface area contributed by atoms with Gasteiger partial charge < -0.3 is 5.32 Å². The average molecular weight is 445 g/mol. The second kappa shape index (κ2) is 9.36. The maximum Gasteiger partial charge on any atom is 0.232 e. The van der Waals surface area contributed by atoms with E-state index in [-0.39, 0.29) is 18.9 Å². The van der Waals surface area contributed by atoms with Crippen molar-refractivity contribution in [2.75, 3.05) is 22.4 Å². The highest BCUT2D eigenvalue weighted by molar-refractivity contribution is 7.92. The number of nitrogens with one attached hydrogen (secondary N) is 1. The molecule has 9 heteroatoms. The van der Waals surface area contributed by atoms with Gasteiger partial charge in [0.15, 0.2) is 0 Å². The van der Waals surface area contributed by atoms with Gasteiger partial charge in [-0.3, -0.25) is 9.10 Å². The lowest BCUT2D eigenvalue weighted by Crippen LogP contribution is -2.32. The topological polar surface area (TPSA) is 92.3 Å². The zero-order valence-electron chi connectivity index (χ0n) is 17.1. The van der Waals surface area contributed by atoms with Gasteiger partial charge >= 0.3 is 0 Å².